The van der Waals surface area contributed by atoms with E-state index in [1.165, 1.54) is 29.9 Å². The zero-order valence-corrected chi connectivity index (χ0v) is 13.3. The predicted molar refractivity (Wildman–Crippen MR) is 88.0 cm³/mol. The molecular formula is C18H14N2O6. The minimum absolute atomic E-state index is 0.0341. The molecule has 0 aliphatic carbocycles. The van der Waals surface area contributed by atoms with Crippen molar-refractivity contribution in [2.75, 3.05) is 0 Å². The topological polar surface area (TPSA) is 143 Å². The van der Waals surface area contributed by atoms with E-state index in [0.29, 0.717) is 11.1 Å². The van der Waals surface area contributed by atoms with Gasteiger partial charge in [0.25, 0.3) is 0 Å². The number of hydrogen-bond donors (Lipinski definition) is 5. The molecule has 2 aromatic carbocycles. The Labute approximate surface area is 147 Å². The second kappa shape index (κ2) is 6.40. The number of amides is 1. The molecule has 0 radical (unpaired) electrons. The Kier molecular flexibility index (Phi) is 4.26. The molecule has 0 fully saturated rings. The quantitative estimate of drug-likeness (QED) is 0.415. The smallest absolute Gasteiger partial charge is 0.246 e. The van der Waals surface area contributed by atoms with Crippen LogP contribution in [-0.4, -0.2) is 26.4 Å². The first kappa shape index (κ1) is 17.3. The minimum Gasteiger partial charge on any atom is -0.508 e. The van der Waals surface area contributed by atoms with Crippen LogP contribution in [0, 0.1) is 11.3 Å². The molecule has 1 amide bonds. The summed E-state index contributed by atoms with van der Waals surface area (Å²) in [6.45, 7) is 0. The number of carbonyl (C=O) groups excluding carboxylic acids is 1. The van der Waals surface area contributed by atoms with Gasteiger partial charge in [-0.2, -0.15) is 5.26 Å². The maximum Gasteiger partial charge on any atom is 0.246 e. The van der Waals surface area contributed by atoms with Crippen LogP contribution in [0.25, 0.3) is 5.57 Å². The summed E-state index contributed by atoms with van der Waals surface area (Å²) in [7, 11) is 0. The molecule has 8 nitrogen and oxygen atoms in total. The van der Waals surface area contributed by atoms with E-state index in [1.807, 2.05) is 6.07 Å². The number of hydroxylamine groups is 1. The standard InChI is InChI=1S/C18H14N2O6/c19-8-10-1-3-11(4-2-10)13-9-26-15-6-12(21)5-14(22)17(15)18(13,24)7-16(23)20-25/h1-6,9,21-22,24-25H,7H2,(H,20,23). The van der Waals surface area contributed by atoms with Crippen molar-refractivity contribution in [3.8, 4) is 23.3 Å². The van der Waals surface area contributed by atoms with Crippen LogP contribution in [0.5, 0.6) is 17.2 Å². The lowest BCUT2D eigenvalue weighted by Crippen LogP contribution is -2.37. The van der Waals surface area contributed by atoms with Crippen molar-refractivity contribution in [3.63, 3.8) is 0 Å². The van der Waals surface area contributed by atoms with Gasteiger partial charge >= 0.3 is 0 Å². The lowest BCUT2D eigenvalue weighted by molar-refractivity contribution is -0.133. The van der Waals surface area contributed by atoms with Gasteiger partial charge < -0.3 is 20.1 Å². The highest BCUT2D eigenvalue weighted by atomic mass is 16.5. The van der Waals surface area contributed by atoms with Gasteiger partial charge in [0.1, 0.15) is 22.8 Å². The number of phenols is 2. The van der Waals surface area contributed by atoms with Gasteiger partial charge in [0.2, 0.25) is 5.91 Å². The van der Waals surface area contributed by atoms with Crippen LogP contribution < -0.4 is 10.2 Å². The van der Waals surface area contributed by atoms with Crippen molar-refractivity contribution in [2.45, 2.75) is 12.0 Å². The first-order valence-electron chi connectivity index (χ1n) is 7.48. The minimum atomic E-state index is -2.05. The van der Waals surface area contributed by atoms with Crippen LogP contribution >= 0.6 is 0 Å². The first-order chi connectivity index (χ1) is 12.4. The summed E-state index contributed by atoms with van der Waals surface area (Å²) in [5, 5.41) is 48.9. The molecule has 1 heterocycles. The highest BCUT2D eigenvalue weighted by Crippen LogP contribution is 2.51. The molecule has 1 unspecified atom stereocenters. The van der Waals surface area contributed by atoms with E-state index in [4.69, 9.17) is 15.2 Å². The fraction of sp³-hybridized carbons (Fsp3) is 0.111. The monoisotopic (exact) mass is 354 g/mol. The fourth-order valence-corrected chi connectivity index (χ4v) is 2.94. The summed E-state index contributed by atoms with van der Waals surface area (Å²) in [6.07, 6.45) is 0.567. The van der Waals surface area contributed by atoms with Crippen LogP contribution in [-0.2, 0) is 10.4 Å². The number of fused-ring (bicyclic) bond motifs is 1. The van der Waals surface area contributed by atoms with E-state index in [0.717, 1.165) is 6.07 Å². The summed E-state index contributed by atoms with van der Waals surface area (Å²) in [5.74, 6) is -1.70. The third-order valence-electron chi connectivity index (χ3n) is 4.10. The molecule has 0 spiro atoms. The van der Waals surface area contributed by atoms with Crippen LogP contribution in [0.4, 0.5) is 0 Å². The van der Waals surface area contributed by atoms with Crippen LogP contribution in [0.3, 0.4) is 0 Å². The molecule has 0 bridgehead atoms. The van der Waals surface area contributed by atoms with E-state index >= 15 is 0 Å². The number of ether oxygens (including phenoxy) is 1. The Morgan fingerprint density at radius 2 is 1.92 bits per heavy atom. The molecular weight excluding hydrogens is 340 g/mol. The maximum absolute atomic E-state index is 11.8. The van der Waals surface area contributed by atoms with Crippen LogP contribution in [0.15, 0.2) is 42.7 Å². The molecule has 2 aromatic rings. The van der Waals surface area contributed by atoms with E-state index in [2.05, 4.69) is 0 Å². The summed E-state index contributed by atoms with van der Waals surface area (Å²) in [4.78, 5) is 11.8. The predicted octanol–water partition coefficient (Wildman–Crippen LogP) is 1.49. The maximum atomic E-state index is 11.8. The summed E-state index contributed by atoms with van der Waals surface area (Å²) in [5.41, 5.74) is 0.252. The summed E-state index contributed by atoms with van der Waals surface area (Å²) >= 11 is 0. The normalized spacial score (nSPS) is 18.1. The zero-order chi connectivity index (χ0) is 18.9. The molecule has 5 N–H and O–H groups in total. The Bertz CT molecular complexity index is 945. The largest absolute Gasteiger partial charge is 0.508 e. The SMILES string of the molecule is N#Cc1ccc(C2=COc3cc(O)cc(O)c3C2(O)CC(=O)NO)cc1. The molecule has 0 aromatic heterocycles. The molecule has 3 rings (SSSR count). The average Bonchev–Trinajstić information content (AvgIpc) is 2.61. The molecule has 8 heteroatoms. The van der Waals surface area contributed by atoms with Gasteiger partial charge in [-0.1, -0.05) is 12.1 Å². The van der Waals surface area contributed by atoms with E-state index < -0.39 is 23.7 Å². The van der Waals surface area contributed by atoms with E-state index in [-0.39, 0.29) is 22.6 Å². The Morgan fingerprint density at radius 3 is 2.54 bits per heavy atom. The van der Waals surface area contributed by atoms with Gasteiger partial charge in [-0.3, -0.25) is 10.0 Å². The van der Waals surface area contributed by atoms with Crippen molar-refractivity contribution in [1.29, 1.82) is 5.26 Å². The van der Waals surface area contributed by atoms with Gasteiger partial charge in [-0.05, 0) is 17.7 Å². The van der Waals surface area contributed by atoms with Crippen molar-refractivity contribution in [2.24, 2.45) is 0 Å². The Morgan fingerprint density at radius 1 is 1.23 bits per heavy atom. The Hall–Kier alpha value is -3.54. The summed E-state index contributed by atoms with van der Waals surface area (Å²) in [6, 6.07) is 10.3. The molecule has 1 atom stereocenters. The zero-order valence-electron chi connectivity index (χ0n) is 13.3. The second-order valence-corrected chi connectivity index (χ2v) is 5.75. The van der Waals surface area contributed by atoms with Gasteiger partial charge in [0, 0.05) is 17.7 Å². The average molecular weight is 354 g/mol. The highest BCUT2D eigenvalue weighted by molar-refractivity contribution is 5.85. The lowest BCUT2D eigenvalue weighted by atomic mass is 9.78. The van der Waals surface area contributed by atoms with Crippen LogP contribution in [0.2, 0.25) is 0 Å². The van der Waals surface area contributed by atoms with Gasteiger partial charge in [0.15, 0.2) is 0 Å². The molecule has 1 aliphatic heterocycles. The number of nitrogens with zero attached hydrogens (tertiary/aromatic N) is 1. The van der Waals surface area contributed by atoms with E-state index in [1.54, 1.807) is 12.1 Å². The number of aromatic hydroxyl groups is 2. The number of aliphatic hydroxyl groups is 1. The van der Waals surface area contributed by atoms with Crippen LogP contribution in [0.1, 0.15) is 23.1 Å². The molecule has 1 aliphatic rings. The van der Waals surface area contributed by atoms with Gasteiger partial charge in [-0.15, -0.1) is 0 Å². The van der Waals surface area contributed by atoms with Crippen molar-refractivity contribution < 1.29 is 30.1 Å². The number of hydrogen-bond acceptors (Lipinski definition) is 7. The third kappa shape index (κ3) is 2.82. The second-order valence-electron chi connectivity index (χ2n) is 5.75. The number of phenolic OH excluding ortho intramolecular Hbond substituents is 2. The van der Waals surface area contributed by atoms with Gasteiger partial charge in [-0.25, -0.2) is 5.48 Å². The fourth-order valence-electron chi connectivity index (χ4n) is 2.94. The first-order valence-corrected chi connectivity index (χ1v) is 7.48. The van der Waals surface area contributed by atoms with Crippen molar-refractivity contribution in [3.05, 3.63) is 59.4 Å². The third-order valence-corrected chi connectivity index (χ3v) is 4.10. The number of nitrogens with one attached hydrogen (secondary N) is 1. The molecule has 0 saturated carbocycles. The molecule has 0 saturated heterocycles. The lowest BCUT2D eigenvalue weighted by Gasteiger charge is -2.35. The number of nitriles is 1. The molecule has 26 heavy (non-hydrogen) atoms. The number of carbonyl (C=O) groups is 1. The highest BCUT2D eigenvalue weighted by Gasteiger charge is 2.44. The van der Waals surface area contributed by atoms with Crippen molar-refractivity contribution >= 4 is 11.5 Å². The van der Waals surface area contributed by atoms with Crippen molar-refractivity contribution in [1.82, 2.24) is 5.48 Å². The summed E-state index contributed by atoms with van der Waals surface area (Å²) < 4.78 is 5.42. The Balaban J connectivity index is 2.18. The van der Waals surface area contributed by atoms with Gasteiger partial charge in [0.05, 0.1) is 29.9 Å². The molecule has 132 valence electrons. The number of benzene rings is 2. The number of rotatable bonds is 3. The van der Waals surface area contributed by atoms with E-state index in [9.17, 15) is 20.1 Å².